The Kier molecular flexibility index (Phi) is 3.80. The molecule has 1 aromatic carbocycles. The highest BCUT2D eigenvalue weighted by Crippen LogP contribution is 2.11. The third-order valence-corrected chi connectivity index (χ3v) is 2.28. The van der Waals surface area contributed by atoms with E-state index in [1.807, 2.05) is 0 Å². The molecule has 15 heavy (non-hydrogen) atoms. The molecule has 0 heterocycles. The van der Waals surface area contributed by atoms with Crippen LogP contribution in [0.25, 0.3) is 0 Å². The topological polar surface area (TPSA) is 40.5 Å². The molecular weight excluding hydrogens is 197 g/mol. The number of likely N-dealkylation sites (N-methyl/N-ethyl adjacent to an activating group) is 1. The number of carboxylic acid groups (broad SMARTS) is 1. The zero-order chi connectivity index (χ0) is 11.4. The summed E-state index contributed by atoms with van der Waals surface area (Å²) >= 11 is 0. The van der Waals surface area contributed by atoms with Crippen molar-refractivity contribution in [3.8, 4) is 0 Å². The first-order chi connectivity index (χ1) is 7.02. The van der Waals surface area contributed by atoms with E-state index in [1.54, 1.807) is 37.2 Å². The highest BCUT2D eigenvalue weighted by Gasteiger charge is 2.21. The predicted molar refractivity (Wildman–Crippen MR) is 55.2 cm³/mol. The fourth-order valence-electron chi connectivity index (χ4n) is 1.36. The minimum atomic E-state index is -0.941. The Balaban J connectivity index is 2.84. The van der Waals surface area contributed by atoms with Gasteiger partial charge in [-0.15, -0.1) is 0 Å². The molecule has 0 saturated carbocycles. The molecule has 3 nitrogen and oxygen atoms in total. The fourth-order valence-corrected chi connectivity index (χ4v) is 1.36. The zero-order valence-electron chi connectivity index (χ0n) is 8.77. The van der Waals surface area contributed by atoms with Crippen LogP contribution in [-0.2, 0) is 11.2 Å². The molecule has 0 aliphatic rings. The van der Waals surface area contributed by atoms with E-state index in [0.717, 1.165) is 0 Å². The molecule has 0 aromatic heterocycles. The highest BCUT2D eigenvalue weighted by atomic mass is 19.1. The third-order valence-electron chi connectivity index (χ3n) is 2.28. The van der Waals surface area contributed by atoms with Gasteiger partial charge in [0.2, 0.25) is 0 Å². The summed E-state index contributed by atoms with van der Waals surface area (Å²) in [7, 11) is 3.33. The van der Waals surface area contributed by atoms with Crippen molar-refractivity contribution in [3.05, 3.63) is 35.6 Å². The van der Waals surface area contributed by atoms with Gasteiger partial charge >= 0.3 is 5.97 Å². The second-order valence-electron chi connectivity index (χ2n) is 3.61. The second-order valence-corrected chi connectivity index (χ2v) is 3.61. The van der Waals surface area contributed by atoms with Gasteiger partial charge in [0.25, 0.3) is 0 Å². The summed E-state index contributed by atoms with van der Waals surface area (Å²) in [6.45, 7) is 0. The minimum Gasteiger partial charge on any atom is -0.480 e. The molecule has 0 saturated heterocycles. The first-order valence-corrected chi connectivity index (χ1v) is 4.65. The molecule has 82 valence electrons. The van der Waals surface area contributed by atoms with Crippen LogP contribution in [0.2, 0.25) is 0 Å². The van der Waals surface area contributed by atoms with Gasteiger partial charge in [-0.25, -0.2) is 4.39 Å². The first kappa shape index (κ1) is 11.7. The summed E-state index contributed by atoms with van der Waals surface area (Å²) in [6.07, 6.45) is 0.176. The summed E-state index contributed by atoms with van der Waals surface area (Å²) in [5.74, 6) is -1.30. The molecule has 1 aromatic rings. The summed E-state index contributed by atoms with van der Waals surface area (Å²) < 4.78 is 13.3. The molecule has 0 aliphatic heterocycles. The molecule has 1 unspecified atom stereocenters. The Morgan fingerprint density at radius 3 is 2.53 bits per heavy atom. The van der Waals surface area contributed by atoms with Crippen molar-refractivity contribution in [2.75, 3.05) is 14.1 Å². The smallest absolute Gasteiger partial charge is 0.321 e. The van der Waals surface area contributed by atoms with Crippen LogP contribution in [0.3, 0.4) is 0 Å². The van der Waals surface area contributed by atoms with Gasteiger partial charge in [0.05, 0.1) is 0 Å². The molecule has 1 N–H and O–H groups in total. The van der Waals surface area contributed by atoms with E-state index < -0.39 is 12.0 Å². The van der Waals surface area contributed by atoms with Crippen LogP contribution >= 0.6 is 0 Å². The number of benzene rings is 1. The lowest BCUT2D eigenvalue weighted by Gasteiger charge is -2.20. The molecule has 0 radical (unpaired) electrons. The van der Waals surface area contributed by atoms with E-state index in [0.29, 0.717) is 5.56 Å². The average Bonchev–Trinajstić information content (AvgIpc) is 2.15. The normalized spacial score (nSPS) is 12.8. The summed E-state index contributed by atoms with van der Waals surface area (Å²) in [4.78, 5) is 12.5. The van der Waals surface area contributed by atoms with Crippen LogP contribution in [0.1, 0.15) is 5.56 Å². The number of carbonyl (C=O) groups is 1. The van der Waals surface area contributed by atoms with Gasteiger partial charge in [0.15, 0.2) is 0 Å². The number of nitrogens with zero attached hydrogens (tertiary/aromatic N) is 1. The van der Waals surface area contributed by atoms with Gasteiger partial charge in [-0.05, 0) is 25.7 Å². The molecular formula is C11H14FNO2. The standard InChI is InChI=1S/C11H14FNO2/c1-13(2)10(11(14)15)7-8-5-3-4-6-9(8)12/h3-6,10H,7H2,1-2H3,(H,14,15). The van der Waals surface area contributed by atoms with Crippen molar-refractivity contribution in [2.45, 2.75) is 12.5 Å². The lowest BCUT2D eigenvalue weighted by Crippen LogP contribution is -2.37. The lowest BCUT2D eigenvalue weighted by atomic mass is 10.0. The van der Waals surface area contributed by atoms with Crippen LogP contribution in [0, 0.1) is 5.82 Å². The molecule has 0 bridgehead atoms. The van der Waals surface area contributed by atoms with E-state index in [4.69, 9.17) is 5.11 Å². The molecule has 0 spiro atoms. The van der Waals surface area contributed by atoms with Gasteiger partial charge in [0.1, 0.15) is 11.9 Å². The minimum absolute atomic E-state index is 0.176. The van der Waals surface area contributed by atoms with E-state index in [-0.39, 0.29) is 12.2 Å². The fraction of sp³-hybridized carbons (Fsp3) is 0.364. The highest BCUT2D eigenvalue weighted by molar-refractivity contribution is 5.73. The Hall–Kier alpha value is -1.42. The van der Waals surface area contributed by atoms with Gasteiger partial charge in [-0.2, -0.15) is 0 Å². The summed E-state index contributed by atoms with van der Waals surface area (Å²) in [6, 6.07) is 5.54. The predicted octanol–water partition coefficient (Wildman–Crippen LogP) is 1.38. The Bertz CT molecular complexity index is 352. The number of halogens is 1. The molecule has 1 rings (SSSR count). The quantitative estimate of drug-likeness (QED) is 0.818. The van der Waals surface area contributed by atoms with Crippen molar-refractivity contribution < 1.29 is 14.3 Å². The maximum Gasteiger partial charge on any atom is 0.321 e. The molecule has 0 fully saturated rings. The maximum absolute atomic E-state index is 13.3. The average molecular weight is 211 g/mol. The van der Waals surface area contributed by atoms with Crippen molar-refractivity contribution >= 4 is 5.97 Å². The number of aliphatic carboxylic acids is 1. The molecule has 1 atom stereocenters. The van der Waals surface area contributed by atoms with E-state index in [9.17, 15) is 9.18 Å². The monoisotopic (exact) mass is 211 g/mol. The maximum atomic E-state index is 13.3. The van der Waals surface area contributed by atoms with Gasteiger partial charge < -0.3 is 5.11 Å². The van der Waals surface area contributed by atoms with E-state index in [2.05, 4.69) is 0 Å². The number of hydrogen-bond acceptors (Lipinski definition) is 2. The number of carboxylic acids is 1. The van der Waals surface area contributed by atoms with Crippen molar-refractivity contribution in [1.82, 2.24) is 4.90 Å². The van der Waals surface area contributed by atoms with Crippen LogP contribution in [-0.4, -0.2) is 36.1 Å². The van der Waals surface area contributed by atoms with E-state index >= 15 is 0 Å². The van der Waals surface area contributed by atoms with Crippen LogP contribution in [0.4, 0.5) is 4.39 Å². The van der Waals surface area contributed by atoms with Crippen molar-refractivity contribution in [1.29, 1.82) is 0 Å². The first-order valence-electron chi connectivity index (χ1n) is 4.65. The Labute approximate surface area is 88.1 Å². The summed E-state index contributed by atoms with van der Waals surface area (Å²) in [5, 5.41) is 8.93. The van der Waals surface area contributed by atoms with Gasteiger partial charge in [0, 0.05) is 6.42 Å². The second kappa shape index (κ2) is 4.89. The Morgan fingerprint density at radius 2 is 2.07 bits per heavy atom. The third kappa shape index (κ3) is 3.02. The van der Waals surface area contributed by atoms with Crippen molar-refractivity contribution in [2.24, 2.45) is 0 Å². The lowest BCUT2D eigenvalue weighted by molar-refractivity contribution is -0.142. The molecule has 0 amide bonds. The number of hydrogen-bond donors (Lipinski definition) is 1. The number of rotatable bonds is 4. The van der Waals surface area contributed by atoms with Crippen LogP contribution < -0.4 is 0 Å². The zero-order valence-corrected chi connectivity index (χ0v) is 8.77. The Morgan fingerprint density at radius 1 is 1.47 bits per heavy atom. The van der Waals surface area contributed by atoms with E-state index in [1.165, 1.54) is 6.07 Å². The van der Waals surface area contributed by atoms with Crippen molar-refractivity contribution in [3.63, 3.8) is 0 Å². The van der Waals surface area contributed by atoms with Crippen LogP contribution in [0.15, 0.2) is 24.3 Å². The largest absolute Gasteiger partial charge is 0.480 e. The molecule has 0 aliphatic carbocycles. The van der Waals surface area contributed by atoms with Gasteiger partial charge in [-0.3, -0.25) is 9.69 Å². The summed E-state index contributed by atoms with van der Waals surface area (Å²) in [5.41, 5.74) is 0.429. The van der Waals surface area contributed by atoms with Gasteiger partial charge in [-0.1, -0.05) is 18.2 Å². The van der Waals surface area contributed by atoms with Crippen LogP contribution in [0.5, 0.6) is 0 Å². The SMILES string of the molecule is CN(C)C(Cc1ccccc1F)C(=O)O. The molecule has 4 heteroatoms.